The molecule has 1 N–H and O–H groups in total. The number of rotatable bonds is 6. The second kappa shape index (κ2) is 7.04. The van der Waals surface area contributed by atoms with Crippen molar-refractivity contribution < 1.29 is 9.53 Å². The third-order valence-electron chi connectivity index (χ3n) is 2.22. The van der Waals surface area contributed by atoms with Crippen molar-refractivity contribution in [1.29, 1.82) is 0 Å². The van der Waals surface area contributed by atoms with Gasteiger partial charge in [0.15, 0.2) is 0 Å². The van der Waals surface area contributed by atoms with Gasteiger partial charge >= 0.3 is 0 Å². The van der Waals surface area contributed by atoms with Crippen molar-refractivity contribution in [3.05, 3.63) is 21.9 Å². The number of aryl methyl sites for hydroxylation is 1. The summed E-state index contributed by atoms with van der Waals surface area (Å²) in [5.41, 5.74) is 1.10. The lowest BCUT2D eigenvalue weighted by atomic mass is 10.2. The van der Waals surface area contributed by atoms with Crippen molar-refractivity contribution in [3.63, 3.8) is 0 Å². The minimum absolute atomic E-state index is 0.00616. The first-order valence-corrected chi connectivity index (χ1v) is 7.15. The normalized spacial score (nSPS) is 12.4. The van der Waals surface area contributed by atoms with Gasteiger partial charge in [-0.05, 0) is 23.4 Å². The number of hydrogen-bond donors (Lipinski definition) is 1. The van der Waals surface area contributed by atoms with Crippen LogP contribution in [0.2, 0.25) is 0 Å². The standard InChI is InChI=1S/C11H16BrNO2S/c1-3-8-4-5-16-10(8)11(14)13-9(6-12)7-15-2/h4-5,9H,3,6-7H2,1-2H3,(H,13,14). The largest absolute Gasteiger partial charge is 0.383 e. The fraction of sp³-hybridized carbons (Fsp3) is 0.545. The van der Waals surface area contributed by atoms with Crippen molar-refractivity contribution in [2.45, 2.75) is 19.4 Å². The van der Waals surface area contributed by atoms with Gasteiger partial charge in [0.25, 0.3) is 5.91 Å². The molecule has 0 bridgehead atoms. The van der Waals surface area contributed by atoms with Gasteiger partial charge in [0.1, 0.15) is 0 Å². The van der Waals surface area contributed by atoms with E-state index in [4.69, 9.17) is 4.74 Å². The lowest BCUT2D eigenvalue weighted by molar-refractivity contribution is 0.0911. The summed E-state index contributed by atoms with van der Waals surface area (Å²) in [4.78, 5) is 12.8. The molecule has 1 amide bonds. The van der Waals surface area contributed by atoms with Crippen LogP contribution in [0.4, 0.5) is 0 Å². The molecular weight excluding hydrogens is 290 g/mol. The van der Waals surface area contributed by atoms with E-state index in [9.17, 15) is 4.79 Å². The number of alkyl halides is 1. The van der Waals surface area contributed by atoms with E-state index in [1.54, 1.807) is 7.11 Å². The topological polar surface area (TPSA) is 38.3 Å². The summed E-state index contributed by atoms with van der Waals surface area (Å²) >= 11 is 4.84. The number of carbonyl (C=O) groups is 1. The molecule has 1 aromatic rings. The van der Waals surface area contributed by atoms with E-state index in [1.165, 1.54) is 11.3 Å². The van der Waals surface area contributed by atoms with Gasteiger partial charge in [-0.1, -0.05) is 22.9 Å². The summed E-state index contributed by atoms with van der Waals surface area (Å²) in [7, 11) is 1.63. The minimum Gasteiger partial charge on any atom is -0.383 e. The number of nitrogens with one attached hydrogen (secondary N) is 1. The van der Waals surface area contributed by atoms with Gasteiger partial charge in [-0.2, -0.15) is 0 Å². The molecule has 1 heterocycles. The van der Waals surface area contributed by atoms with Crippen LogP contribution in [0.3, 0.4) is 0 Å². The monoisotopic (exact) mass is 305 g/mol. The van der Waals surface area contributed by atoms with Gasteiger partial charge < -0.3 is 10.1 Å². The number of ether oxygens (including phenoxy) is 1. The first-order chi connectivity index (χ1) is 7.72. The lowest BCUT2D eigenvalue weighted by Crippen LogP contribution is -2.39. The molecule has 1 rings (SSSR count). The Kier molecular flexibility index (Phi) is 6.01. The van der Waals surface area contributed by atoms with Crippen molar-refractivity contribution in [3.8, 4) is 0 Å². The van der Waals surface area contributed by atoms with Crippen LogP contribution in [-0.2, 0) is 11.2 Å². The minimum atomic E-state index is -0.00616. The molecule has 0 saturated carbocycles. The van der Waals surface area contributed by atoms with Gasteiger partial charge in [0, 0.05) is 12.4 Å². The summed E-state index contributed by atoms with van der Waals surface area (Å²) in [6.45, 7) is 2.57. The van der Waals surface area contributed by atoms with Crippen molar-refractivity contribution in [2.75, 3.05) is 19.0 Å². The zero-order valence-corrected chi connectivity index (χ0v) is 11.9. The lowest BCUT2D eigenvalue weighted by Gasteiger charge is -2.14. The molecule has 0 aliphatic carbocycles. The summed E-state index contributed by atoms with van der Waals surface area (Å²) in [6, 6.07) is 2.02. The first-order valence-electron chi connectivity index (χ1n) is 5.15. The van der Waals surface area contributed by atoms with E-state index in [1.807, 2.05) is 11.4 Å². The third kappa shape index (κ3) is 3.57. The number of hydrogen-bond acceptors (Lipinski definition) is 3. The Balaban J connectivity index is 2.64. The predicted octanol–water partition coefficient (Wildman–Crippen LogP) is 2.45. The molecule has 5 heteroatoms. The summed E-state index contributed by atoms with van der Waals surface area (Å²) in [6.07, 6.45) is 0.884. The molecule has 0 aliphatic heterocycles. The summed E-state index contributed by atoms with van der Waals surface area (Å²) < 4.78 is 5.03. The van der Waals surface area contributed by atoms with Crippen LogP contribution in [0.1, 0.15) is 22.2 Å². The molecule has 90 valence electrons. The zero-order chi connectivity index (χ0) is 12.0. The molecule has 3 nitrogen and oxygen atoms in total. The highest BCUT2D eigenvalue weighted by atomic mass is 79.9. The van der Waals surface area contributed by atoms with E-state index in [0.717, 1.165) is 16.9 Å². The molecule has 1 aromatic heterocycles. The van der Waals surface area contributed by atoms with Gasteiger partial charge in [-0.25, -0.2) is 0 Å². The van der Waals surface area contributed by atoms with Crippen LogP contribution in [0.25, 0.3) is 0 Å². The SMILES string of the molecule is CCc1ccsc1C(=O)NC(CBr)COC. The highest BCUT2D eigenvalue weighted by Gasteiger charge is 2.16. The van der Waals surface area contributed by atoms with Crippen LogP contribution < -0.4 is 5.32 Å². The van der Waals surface area contributed by atoms with Crippen LogP contribution in [0, 0.1) is 0 Å². The number of amides is 1. The Morgan fingerprint density at radius 2 is 2.44 bits per heavy atom. The Bertz CT molecular complexity index is 340. The summed E-state index contributed by atoms with van der Waals surface area (Å²) in [5.74, 6) is -0.00616. The predicted molar refractivity (Wildman–Crippen MR) is 70.6 cm³/mol. The molecule has 1 atom stereocenters. The molecule has 0 spiro atoms. The van der Waals surface area contributed by atoms with Gasteiger partial charge in [0.2, 0.25) is 0 Å². The Morgan fingerprint density at radius 1 is 1.69 bits per heavy atom. The third-order valence-corrected chi connectivity index (χ3v) is 3.96. The fourth-order valence-corrected chi connectivity index (χ4v) is 2.64. The van der Waals surface area contributed by atoms with Crippen LogP contribution >= 0.6 is 27.3 Å². The summed E-state index contributed by atoms with van der Waals surface area (Å²) in [5, 5.41) is 5.59. The van der Waals surface area contributed by atoms with Crippen LogP contribution in [0.5, 0.6) is 0 Å². The van der Waals surface area contributed by atoms with E-state index in [0.29, 0.717) is 11.9 Å². The second-order valence-electron chi connectivity index (χ2n) is 3.41. The van der Waals surface area contributed by atoms with E-state index in [-0.39, 0.29) is 11.9 Å². The Labute approximate surface area is 108 Å². The van der Waals surface area contributed by atoms with Gasteiger partial charge in [0.05, 0.1) is 17.5 Å². The molecule has 0 fully saturated rings. The number of methoxy groups -OCH3 is 1. The van der Waals surface area contributed by atoms with Crippen molar-refractivity contribution in [1.82, 2.24) is 5.32 Å². The maximum atomic E-state index is 12.0. The average molecular weight is 306 g/mol. The average Bonchev–Trinajstić information content (AvgIpc) is 2.76. The highest BCUT2D eigenvalue weighted by Crippen LogP contribution is 2.17. The van der Waals surface area contributed by atoms with Crippen molar-refractivity contribution in [2.24, 2.45) is 0 Å². The van der Waals surface area contributed by atoms with Gasteiger partial charge in [-0.3, -0.25) is 4.79 Å². The molecule has 16 heavy (non-hydrogen) atoms. The molecule has 0 aromatic carbocycles. The number of carbonyl (C=O) groups excluding carboxylic acids is 1. The number of thiophene rings is 1. The highest BCUT2D eigenvalue weighted by molar-refractivity contribution is 9.09. The molecule has 0 saturated heterocycles. The van der Waals surface area contributed by atoms with Gasteiger partial charge in [-0.15, -0.1) is 11.3 Å². The zero-order valence-electron chi connectivity index (χ0n) is 9.46. The maximum Gasteiger partial charge on any atom is 0.261 e. The molecule has 0 radical (unpaired) electrons. The second-order valence-corrected chi connectivity index (χ2v) is 4.97. The molecule has 0 aliphatic rings. The Morgan fingerprint density at radius 3 is 3.00 bits per heavy atom. The quantitative estimate of drug-likeness (QED) is 0.820. The van der Waals surface area contributed by atoms with Crippen LogP contribution in [-0.4, -0.2) is 31.0 Å². The number of halogens is 1. The van der Waals surface area contributed by atoms with Crippen LogP contribution in [0.15, 0.2) is 11.4 Å². The maximum absolute atomic E-state index is 12.0. The first kappa shape index (κ1) is 13.7. The fourth-order valence-electron chi connectivity index (χ4n) is 1.39. The molecule has 1 unspecified atom stereocenters. The van der Waals surface area contributed by atoms with E-state index >= 15 is 0 Å². The molecular formula is C11H16BrNO2S. The smallest absolute Gasteiger partial charge is 0.261 e. The Hall–Kier alpha value is -0.390. The van der Waals surface area contributed by atoms with Crippen molar-refractivity contribution >= 4 is 33.2 Å². The van der Waals surface area contributed by atoms with E-state index < -0.39 is 0 Å². The van der Waals surface area contributed by atoms with E-state index in [2.05, 4.69) is 28.2 Å².